The van der Waals surface area contributed by atoms with Crippen molar-refractivity contribution in [3.8, 4) is 11.5 Å². The van der Waals surface area contributed by atoms with Gasteiger partial charge in [0, 0.05) is 58.0 Å². The molecule has 1 aliphatic heterocycles. The molecule has 204 valence electrons. The lowest BCUT2D eigenvalue weighted by Gasteiger charge is -2.27. The summed E-state index contributed by atoms with van der Waals surface area (Å²) in [5.41, 5.74) is 2.30. The summed E-state index contributed by atoms with van der Waals surface area (Å²) in [7, 11) is 1.53. The van der Waals surface area contributed by atoms with E-state index < -0.39 is 11.8 Å². The molecule has 0 aliphatic carbocycles. The van der Waals surface area contributed by atoms with Gasteiger partial charge in [-0.1, -0.05) is 45.2 Å². The van der Waals surface area contributed by atoms with Crippen molar-refractivity contribution in [3.63, 3.8) is 0 Å². The SMILES string of the molecule is Cc1cc(C(=O)N2CCOCC2)ccc1NC(=O)C(=O)N(C)Cc1ccc(Br)cc1Oc1cc(Cl)cc(Cl)c1. The topological polar surface area (TPSA) is 88.2 Å². The summed E-state index contributed by atoms with van der Waals surface area (Å²) in [5.74, 6) is -0.719. The van der Waals surface area contributed by atoms with Crippen LogP contribution in [0.15, 0.2) is 59.1 Å². The maximum absolute atomic E-state index is 12.9. The number of nitrogens with one attached hydrogen (secondary N) is 1. The summed E-state index contributed by atoms with van der Waals surface area (Å²) in [4.78, 5) is 41.5. The number of carbonyl (C=O) groups is 3. The van der Waals surface area contributed by atoms with Crippen LogP contribution < -0.4 is 10.1 Å². The van der Waals surface area contributed by atoms with Gasteiger partial charge in [0.05, 0.1) is 13.2 Å². The Balaban J connectivity index is 1.42. The molecule has 8 nitrogen and oxygen atoms in total. The standard InChI is InChI=1S/C28H26BrCl2N3O5/c1-17-11-18(27(36)34-7-9-38-10-8-34)4-6-24(17)32-26(35)28(37)33(2)16-19-3-5-20(29)12-25(19)39-23-14-21(30)13-22(31)15-23/h3-6,11-15H,7-10,16H2,1-2H3,(H,32,35). The normalized spacial score (nSPS) is 13.1. The number of nitrogens with zero attached hydrogens (tertiary/aromatic N) is 2. The highest BCUT2D eigenvalue weighted by Gasteiger charge is 2.23. The van der Waals surface area contributed by atoms with Crippen LogP contribution in [-0.4, -0.2) is 60.9 Å². The summed E-state index contributed by atoms with van der Waals surface area (Å²) in [5, 5.41) is 3.50. The third-order valence-electron chi connectivity index (χ3n) is 6.06. The Kier molecular flexibility index (Phi) is 9.50. The van der Waals surface area contributed by atoms with Gasteiger partial charge in [0.25, 0.3) is 5.91 Å². The zero-order chi connectivity index (χ0) is 28.1. The fraction of sp³-hybridized carbons (Fsp3) is 0.250. The van der Waals surface area contributed by atoms with Crippen LogP contribution in [0.1, 0.15) is 21.5 Å². The minimum atomic E-state index is -0.797. The summed E-state index contributed by atoms with van der Waals surface area (Å²) >= 11 is 15.6. The molecule has 0 saturated carbocycles. The first kappa shape index (κ1) is 28.9. The van der Waals surface area contributed by atoms with Crippen molar-refractivity contribution in [3.05, 3.63) is 85.8 Å². The Hall–Kier alpha value is -3.11. The first-order valence-electron chi connectivity index (χ1n) is 12.1. The molecule has 0 unspecified atom stereocenters. The van der Waals surface area contributed by atoms with Crippen LogP contribution in [0.2, 0.25) is 10.0 Å². The van der Waals surface area contributed by atoms with E-state index in [1.165, 1.54) is 11.9 Å². The number of carbonyl (C=O) groups excluding carboxylic acids is 3. The third kappa shape index (κ3) is 7.51. The molecule has 4 rings (SSSR count). The van der Waals surface area contributed by atoms with Gasteiger partial charge in [0.2, 0.25) is 0 Å². The highest BCUT2D eigenvalue weighted by Crippen LogP contribution is 2.32. The summed E-state index contributed by atoms with van der Waals surface area (Å²) in [6, 6.07) is 15.2. The first-order valence-corrected chi connectivity index (χ1v) is 13.6. The van der Waals surface area contributed by atoms with Crippen LogP contribution in [-0.2, 0) is 20.9 Å². The van der Waals surface area contributed by atoms with Crippen LogP contribution in [0.5, 0.6) is 11.5 Å². The number of rotatable bonds is 6. The second-order valence-corrected chi connectivity index (χ2v) is 10.8. The number of halogens is 3. The molecule has 39 heavy (non-hydrogen) atoms. The molecule has 0 bridgehead atoms. The molecule has 0 atom stereocenters. The molecule has 1 fully saturated rings. The Labute approximate surface area is 244 Å². The summed E-state index contributed by atoms with van der Waals surface area (Å²) in [6.45, 7) is 3.97. The van der Waals surface area contributed by atoms with Crippen molar-refractivity contribution in [2.45, 2.75) is 13.5 Å². The van der Waals surface area contributed by atoms with E-state index in [0.29, 0.717) is 70.2 Å². The number of hydrogen-bond acceptors (Lipinski definition) is 5. The predicted molar refractivity (Wildman–Crippen MR) is 154 cm³/mol. The summed E-state index contributed by atoms with van der Waals surface area (Å²) < 4.78 is 12.1. The van der Waals surface area contributed by atoms with Crippen LogP contribution in [0, 0.1) is 6.92 Å². The molecular formula is C28H26BrCl2N3O5. The summed E-state index contributed by atoms with van der Waals surface area (Å²) in [6.07, 6.45) is 0. The van der Waals surface area contributed by atoms with Gasteiger partial charge >= 0.3 is 11.8 Å². The van der Waals surface area contributed by atoms with Crippen molar-refractivity contribution in [1.82, 2.24) is 9.80 Å². The fourth-order valence-corrected chi connectivity index (χ4v) is 4.88. The molecule has 1 aliphatic rings. The van der Waals surface area contributed by atoms with E-state index in [-0.39, 0.29) is 12.5 Å². The van der Waals surface area contributed by atoms with E-state index >= 15 is 0 Å². The molecular weight excluding hydrogens is 609 g/mol. The number of morpholine rings is 1. The van der Waals surface area contributed by atoms with Gasteiger partial charge < -0.3 is 24.6 Å². The van der Waals surface area contributed by atoms with Gasteiger partial charge in [-0.3, -0.25) is 14.4 Å². The monoisotopic (exact) mass is 633 g/mol. The van der Waals surface area contributed by atoms with Crippen LogP contribution in [0.3, 0.4) is 0 Å². The van der Waals surface area contributed by atoms with Crippen LogP contribution >= 0.6 is 39.1 Å². The number of ether oxygens (including phenoxy) is 2. The Morgan fingerprint density at radius 1 is 1.03 bits per heavy atom. The van der Waals surface area contributed by atoms with Crippen molar-refractivity contribution in [1.29, 1.82) is 0 Å². The van der Waals surface area contributed by atoms with Gasteiger partial charge in [0.15, 0.2) is 0 Å². The molecule has 1 heterocycles. The molecule has 0 aromatic heterocycles. The maximum atomic E-state index is 12.9. The average molecular weight is 635 g/mol. The third-order valence-corrected chi connectivity index (χ3v) is 6.99. The van der Waals surface area contributed by atoms with Crippen molar-refractivity contribution in [2.75, 3.05) is 38.7 Å². The molecule has 11 heteroatoms. The first-order chi connectivity index (χ1) is 18.6. The lowest BCUT2D eigenvalue weighted by atomic mass is 10.1. The van der Waals surface area contributed by atoms with Crippen molar-refractivity contribution in [2.24, 2.45) is 0 Å². The molecule has 0 spiro atoms. The largest absolute Gasteiger partial charge is 0.457 e. The highest BCUT2D eigenvalue weighted by atomic mass is 79.9. The van der Waals surface area contributed by atoms with Crippen LogP contribution in [0.25, 0.3) is 0 Å². The number of anilines is 1. The van der Waals surface area contributed by atoms with Gasteiger partial charge in [-0.05, 0) is 61.0 Å². The number of hydrogen-bond donors (Lipinski definition) is 1. The van der Waals surface area contributed by atoms with E-state index in [0.717, 1.165) is 4.47 Å². The number of aryl methyl sites for hydroxylation is 1. The Bertz CT molecular complexity index is 1390. The smallest absolute Gasteiger partial charge is 0.313 e. The molecule has 3 aromatic rings. The Morgan fingerprint density at radius 3 is 2.38 bits per heavy atom. The van der Waals surface area contributed by atoms with Gasteiger partial charge in [-0.2, -0.15) is 0 Å². The minimum Gasteiger partial charge on any atom is -0.457 e. The van der Waals surface area contributed by atoms with Gasteiger partial charge in [-0.15, -0.1) is 0 Å². The molecule has 3 aromatic carbocycles. The fourth-order valence-electron chi connectivity index (χ4n) is 4.03. The van der Waals surface area contributed by atoms with E-state index in [2.05, 4.69) is 21.2 Å². The van der Waals surface area contributed by atoms with E-state index in [1.54, 1.807) is 60.4 Å². The molecule has 3 amide bonds. The van der Waals surface area contributed by atoms with E-state index in [4.69, 9.17) is 32.7 Å². The van der Waals surface area contributed by atoms with Crippen molar-refractivity contribution >= 4 is 62.5 Å². The maximum Gasteiger partial charge on any atom is 0.313 e. The quantitative estimate of drug-likeness (QED) is 0.340. The lowest BCUT2D eigenvalue weighted by Crippen LogP contribution is -2.40. The lowest BCUT2D eigenvalue weighted by molar-refractivity contribution is -0.142. The average Bonchev–Trinajstić information content (AvgIpc) is 2.90. The zero-order valence-electron chi connectivity index (χ0n) is 21.3. The van der Waals surface area contributed by atoms with E-state index in [1.807, 2.05) is 6.07 Å². The second kappa shape index (κ2) is 12.8. The Morgan fingerprint density at radius 2 is 1.72 bits per heavy atom. The number of likely N-dealkylation sites (N-methyl/N-ethyl adjacent to an activating group) is 1. The zero-order valence-corrected chi connectivity index (χ0v) is 24.4. The van der Waals surface area contributed by atoms with Crippen molar-refractivity contribution < 1.29 is 23.9 Å². The number of amides is 3. The second-order valence-electron chi connectivity index (χ2n) is 9.01. The van der Waals surface area contributed by atoms with Crippen LogP contribution in [0.4, 0.5) is 5.69 Å². The highest BCUT2D eigenvalue weighted by molar-refractivity contribution is 9.10. The molecule has 1 saturated heterocycles. The van der Waals surface area contributed by atoms with E-state index in [9.17, 15) is 14.4 Å². The molecule has 0 radical (unpaired) electrons. The van der Waals surface area contributed by atoms with Gasteiger partial charge in [0.1, 0.15) is 11.5 Å². The minimum absolute atomic E-state index is 0.0948. The predicted octanol–water partition coefficient (Wildman–Crippen LogP) is 5.93. The number of benzene rings is 3. The van der Waals surface area contributed by atoms with Gasteiger partial charge in [-0.25, -0.2) is 0 Å². The molecule has 1 N–H and O–H groups in total.